The maximum Gasteiger partial charge on any atom is 0.0716 e. The summed E-state index contributed by atoms with van der Waals surface area (Å²) < 4.78 is 7.49. The second-order valence-electron chi connectivity index (χ2n) is 5.95. The van der Waals surface area contributed by atoms with E-state index in [1.54, 1.807) is 23.5 Å². The Morgan fingerprint density at radius 1 is 0.615 bits per heavy atom. The molecule has 2 heterocycles. The molecule has 0 saturated carbocycles. The SMILES string of the molecule is CCCCCCSC1=C(SCCCCCC)SC(=C2SC([S-])=C([S-])S2)S1. The molecule has 2 aliphatic heterocycles. The molecule has 0 nitrogen and oxygen atoms in total. The van der Waals surface area contributed by atoms with E-state index in [4.69, 9.17) is 25.3 Å². The number of hydrogen-bond acceptors (Lipinski definition) is 8. The Labute approximate surface area is 196 Å². The predicted molar refractivity (Wildman–Crippen MR) is 139 cm³/mol. The molecule has 26 heavy (non-hydrogen) atoms. The highest BCUT2D eigenvalue weighted by molar-refractivity contribution is 8.43. The van der Waals surface area contributed by atoms with Crippen LogP contribution in [0.5, 0.6) is 0 Å². The van der Waals surface area contributed by atoms with Crippen LogP contribution >= 0.6 is 70.6 Å². The fourth-order valence-corrected chi connectivity index (χ4v) is 11.6. The van der Waals surface area contributed by atoms with Crippen molar-refractivity contribution in [2.45, 2.75) is 65.2 Å². The van der Waals surface area contributed by atoms with Crippen molar-refractivity contribution >= 4 is 95.8 Å². The maximum absolute atomic E-state index is 5.36. The van der Waals surface area contributed by atoms with Crippen LogP contribution in [0.4, 0.5) is 0 Å². The van der Waals surface area contributed by atoms with Crippen LogP contribution in [0, 0.1) is 0 Å². The monoisotopic (exact) mass is 498 g/mol. The normalized spacial score (nSPS) is 17.9. The molecule has 0 spiro atoms. The molecule has 0 N–H and O–H groups in total. The van der Waals surface area contributed by atoms with E-state index >= 15 is 0 Å². The average molecular weight is 499 g/mol. The molecule has 0 unspecified atom stereocenters. The molecular weight excluding hydrogens is 473 g/mol. The van der Waals surface area contributed by atoms with Crippen LogP contribution in [0.25, 0.3) is 0 Å². The van der Waals surface area contributed by atoms with Crippen molar-refractivity contribution in [1.29, 1.82) is 0 Å². The second kappa shape index (κ2) is 13.9. The highest BCUT2D eigenvalue weighted by atomic mass is 32.3. The van der Waals surface area contributed by atoms with E-state index in [9.17, 15) is 0 Å². The van der Waals surface area contributed by atoms with Crippen molar-refractivity contribution in [3.63, 3.8) is 0 Å². The largest absolute Gasteiger partial charge is 0.774 e. The lowest BCUT2D eigenvalue weighted by atomic mass is 10.2. The quantitative estimate of drug-likeness (QED) is 0.190. The van der Waals surface area contributed by atoms with Gasteiger partial charge in [-0.2, -0.15) is 0 Å². The van der Waals surface area contributed by atoms with Gasteiger partial charge in [-0.25, -0.2) is 0 Å². The first kappa shape index (κ1) is 24.0. The molecular formula is C18H26S8-2. The van der Waals surface area contributed by atoms with Gasteiger partial charge in [0, 0.05) is 0 Å². The van der Waals surface area contributed by atoms with Gasteiger partial charge in [0.05, 0.1) is 16.9 Å². The van der Waals surface area contributed by atoms with E-state index < -0.39 is 0 Å². The van der Waals surface area contributed by atoms with E-state index in [1.165, 1.54) is 79.8 Å². The van der Waals surface area contributed by atoms with Gasteiger partial charge >= 0.3 is 0 Å². The lowest BCUT2D eigenvalue weighted by molar-refractivity contribution is 0.707. The average Bonchev–Trinajstić information content (AvgIpc) is 3.18. The number of unbranched alkanes of at least 4 members (excludes halogenated alkanes) is 6. The van der Waals surface area contributed by atoms with Gasteiger partial charge in [0.25, 0.3) is 0 Å². The summed E-state index contributed by atoms with van der Waals surface area (Å²) in [5, 5.41) is 0. The highest BCUT2D eigenvalue weighted by Gasteiger charge is 2.26. The fourth-order valence-electron chi connectivity index (χ4n) is 2.28. The van der Waals surface area contributed by atoms with E-state index in [-0.39, 0.29) is 0 Å². The van der Waals surface area contributed by atoms with E-state index in [0.717, 1.165) is 8.47 Å². The lowest BCUT2D eigenvalue weighted by Gasteiger charge is -2.11. The maximum atomic E-state index is 5.36. The minimum atomic E-state index is 0.878. The summed E-state index contributed by atoms with van der Waals surface area (Å²) in [6.45, 7) is 4.55. The van der Waals surface area contributed by atoms with Gasteiger partial charge in [0.15, 0.2) is 0 Å². The summed E-state index contributed by atoms with van der Waals surface area (Å²) in [6.07, 6.45) is 10.7. The van der Waals surface area contributed by atoms with Crippen LogP contribution in [0.2, 0.25) is 0 Å². The Morgan fingerprint density at radius 3 is 1.46 bits per heavy atom. The molecule has 0 amide bonds. The molecule has 0 radical (unpaired) electrons. The standard InChI is InChI=1S/C18H28S8/c1-3-5-7-9-11-21-15-16(22-12-10-8-6-4-2)26-18(25-15)17-23-13(19)14(20)24-17/h19-20H,3-12H2,1-2H3/p-2. The summed E-state index contributed by atoms with van der Waals surface area (Å²) in [6, 6.07) is 0. The van der Waals surface area contributed by atoms with Crippen molar-refractivity contribution in [3.8, 4) is 0 Å². The third-order valence-electron chi connectivity index (χ3n) is 3.70. The summed E-state index contributed by atoms with van der Waals surface area (Å²) in [5.41, 5.74) is 0. The zero-order valence-corrected chi connectivity index (χ0v) is 21.9. The van der Waals surface area contributed by atoms with Crippen molar-refractivity contribution in [2.24, 2.45) is 0 Å². The zero-order chi connectivity index (χ0) is 18.8. The van der Waals surface area contributed by atoms with Crippen molar-refractivity contribution in [1.82, 2.24) is 0 Å². The number of hydrogen-bond donors (Lipinski definition) is 0. The van der Waals surface area contributed by atoms with Crippen LogP contribution < -0.4 is 0 Å². The molecule has 0 aromatic heterocycles. The minimum Gasteiger partial charge on any atom is -0.774 e. The first-order chi connectivity index (χ1) is 12.7. The Balaban J connectivity index is 1.90. The summed E-state index contributed by atoms with van der Waals surface area (Å²) in [5.74, 6) is 2.48. The fraction of sp³-hybridized carbons (Fsp3) is 0.667. The minimum absolute atomic E-state index is 0.878. The molecule has 0 aromatic carbocycles. The second-order valence-corrected chi connectivity index (χ2v) is 14.6. The third-order valence-corrected chi connectivity index (χ3v) is 13.4. The Hall–Kier alpha value is 1.76. The number of thioether (sulfide) groups is 6. The number of rotatable bonds is 12. The van der Waals surface area contributed by atoms with Gasteiger partial charge in [-0.15, -0.1) is 55.5 Å². The zero-order valence-electron chi connectivity index (χ0n) is 15.3. The Bertz CT molecular complexity index is 505. The molecule has 148 valence electrons. The molecule has 0 atom stereocenters. The molecule has 0 aromatic rings. The smallest absolute Gasteiger partial charge is 0.0716 e. The molecule has 2 rings (SSSR count). The van der Waals surface area contributed by atoms with Crippen molar-refractivity contribution < 1.29 is 0 Å². The first-order valence-electron chi connectivity index (χ1n) is 9.19. The van der Waals surface area contributed by atoms with Crippen LogP contribution in [-0.4, -0.2) is 11.5 Å². The Morgan fingerprint density at radius 2 is 1.04 bits per heavy atom. The molecule has 2 aliphatic rings. The molecule has 8 heteroatoms. The van der Waals surface area contributed by atoms with Gasteiger partial charge in [-0.3, -0.25) is 0 Å². The molecule has 0 aliphatic carbocycles. The van der Waals surface area contributed by atoms with Crippen molar-refractivity contribution in [3.05, 3.63) is 25.4 Å². The summed E-state index contributed by atoms with van der Waals surface area (Å²) >= 11 is 22.1. The lowest BCUT2D eigenvalue weighted by Crippen LogP contribution is -1.83. The topological polar surface area (TPSA) is 0 Å². The van der Waals surface area contributed by atoms with Crippen LogP contribution in [0.15, 0.2) is 25.4 Å². The summed E-state index contributed by atoms with van der Waals surface area (Å²) in [4.78, 5) is 0. The molecule has 0 bridgehead atoms. The molecule has 0 fully saturated rings. The molecule has 0 saturated heterocycles. The van der Waals surface area contributed by atoms with Gasteiger partial charge in [-0.05, 0) is 24.3 Å². The van der Waals surface area contributed by atoms with Crippen LogP contribution in [0.1, 0.15) is 65.2 Å². The third kappa shape index (κ3) is 8.25. The first-order valence-corrected chi connectivity index (χ1v) is 15.2. The predicted octanol–water partition coefficient (Wildman–Crippen LogP) is 9.05. The van der Waals surface area contributed by atoms with Crippen LogP contribution in [-0.2, 0) is 25.3 Å². The van der Waals surface area contributed by atoms with Crippen molar-refractivity contribution in [2.75, 3.05) is 11.5 Å². The van der Waals surface area contributed by atoms with Gasteiger partial charge < -0.3 is 25.3 Å². The van der Waals surface area contributed by atoms with Gasteiger partial charge in [-0.1, -0.05) is 75.9 Å². The Kier molecular flexibility index (Phi) is 12.8. The summed E-state index contributed by atoms with van der Waals surface area (Å²) in [7, 11) is 0. The van der Waals surface area contributed by atoms with E-state index in [1.807, 2.05) is 23.5 Å². The highest BCUT2D eigenvalue weighted by Crippen LogP contribution is 2.63. The van der Waals surface area contributed by atoms with E-state index in [0.29, 0.717) is 0 Å². The van der Waals surface area contributed by atoms with Gasteiger partial charge in [0.2, 0.25) is 0 Å². The van der Waals surface area contributed by atoms with Crippen LogP contribution in [0.3, 0.4) is 0 Å². The van der Waals surface area contributed by atoms with E-state index in [2.05, 4.69) is 37.4 Å². The van der Waals surface area contributed by atoms with Gasteiger partial charge in [0.1, 0.15) is 0 Å².